The first-order valence-corrected chi connectivity index (χ1v) is 7.81. The van der Waals surface area contributed by atoms with Crippen molar-refractivity contribution in [1.29, 1.82) is 0 Å². The Hall–Kier alpha value is -1.38. The van der Waals surface area contributed by atoms with Gasteiger partial charge >= 0.3 is 0 Å². The van der Waals surface area contributed by atoms with Crippen LogP contribution in [0.5, 0.6) is 0 Å². The fourth-order valence-electron chi connectivity index (χ4n) is 2.17. The number of aromatic nitrogens is 1. The minimum absolute atomic E-state index is 0.0486. The highest BCUT2D eigenvalue weighted by atomic mass is 32.2. The second kappa shape index (κ2) is 5.55. The molecule has 0 aromatic carbocycles. The van der Waals surface area contributed by atoms with Crippen molar-refractivity contribution in [2.24, 2.45) is 7.05 Å². The Morgan fingerprint density at radius 2 is 1.80 bits per heavy atom. The summed E-state index contributed by atoms with van der Waals surface area (Å²) in [7, 11) is 1.50. The molecular weight excluding hydrogens is 280 g/mol. The van der Waals surface area contributed by atoms with Crippen molar-refractivity contribution < 1.29 is 13.2 Å². The van der Waals surface area contributed by atoms with E-state index >= 15 is 0 Å². The zero-order valence-corrected chi connectivity index (χ0v) is 12.8. The number of carbonyl (C=O) groups is 1. The average Bonchev–Trinajstić information content (AvgIpc) is 2.84. The predicted molar refractivity (Wildman–Crippen MR) is 75.5 cm³/mol. The molecule has 1 aromatic heterocycles. The van der Waals surface area contributed by atoms with Gasteiger partial charge in [-0.25, -0.2) is 0 Å². The number of hydrogen-bond acceptors (Lipinski definition) is 3. The average molecular weight is 300 g/mol. The van der Waals surface area contributed by atoms with Crippen LogP contribution in [0.3, 0.4) is 0 Å². The molecule has 2 rings (SSSR count). The molecule has 8 heteroatoms. The van der Waals surface area contributed by atoms with Crippen LogP contribution < -0.4 is 0 Å². The van der Waals surface area contributed by atoms with Crippen LogP contribution in [0.2, 0.25) is 0 Å². The highest BCUT2D eigenvalue weighted by molar-refractivity contribution is 7.86. The van der Waals surface area contributed by atoms with Crippen molar-refractivity contribution in [2.45, 2.75) is 0 Å². The molecule has 20 heavy (non-hydrogen) atoms. The molecule has 0 saturated carbocycles. The summed E-state index contributed by atoms with van der Waals surface area (Å²) < 4.78 is 28.4. The molecule has 0 spiro atoms. The summed E-state index contributed by atoms with van der Waals surface area (Å²) in [5.41, 5.74) is 0.636. The van der Waals surface area contributed by atoms with Gasteiger partial charge in [0, 0.05) is 59.7 Å². The monoisotopic (exact) mass is 300 g/mol. The first kappa shape index (κ1) is 15.0. The fraction of sp³-hybridized carbons (Fsp3) is 0.583. The predicted octanol–water partition coefficient (Wildman–Crippen LogP) is -0.411. The van der Waals surface area contributed by atoms with Crippen LogP contribution in [0.25, 0.3) is 0 Å². The smallest absolute Gasteiger partial charge is 0.281 e. The van der Waals surface area contributed by atoms with Crippen LogP contribution >= 0.6 is 0 Å². The fourth-order valence-corrected chi connectivity index (χ4v) is 3.25. The molecular formula is C12H20N4O3S. The maximum Gasteiger partial charge on any atom is 0.281 e. The van der Waals surface area contributed by atoms with Gasteiger partial charge in [-0.2, -0.15) is 17.0 Å². The molecule has 0 atom stereocenters. The van der Waals surface area contributed by atoms with E-state index in [9.17, 15) is 13.2 Å². The molecule has 0 N–H and O–H groups in total. The second-order valence-electron chi connectivity index (χ2n) is 5.05. The van der Waals surface area contributed by atoms with Gasteiger partial charge in [0.1, 0.15) is 0 Å². The lowest BCUT2D eigenvalue weighted by molar-refractivity contribution is 0.0695. The van der Waals surface area contributed by atoms with E-state index in [-0.39, 0.29) is 5.91 Å². The molecule has 2 heterocycles. The standard InChI is InChI=1S/C12H20N4O3S/c1-13(2)20(18,19)16-8-6-15(7-9-16)12(17)11-4-5-14(3)10-11/h4-5,10H,6-9H2,1-3H3. The maximum absolute atomic E-state index is 12.2. The van der Waals surface area contributed by atoms with E-state index in [1.807, 2.05) is 17.8 Å². The molecule has 1 fully saturated rings. The Kier molecular flexibility index (Phi) is 4.17. The minimum atomic E-state index is -3.39. The van der Waals surface area contributed by atoms with Gasteiger partial charge in [-0.15, -0.1) is 0 Å². The summed E-state index contributed by atoms with van der Waals surface area (Å²) in [6.45, 7) is 1.50. The quantitative estimate of drug-likeness (QED) is 0.762. The number of nitrogens with zero attached hydrogens (tertiary/aromatic N) is 4. The summed E-state index contributed by atoms with van der Waals surface area (Å²) in [6.07, 6.45) is 3.59. The highest BCUT2D eigenvalue weighted by Crippen LogP contribution is 2.12. The third-order valence-corrected chi connectivity index (χ3v) is 5.33. The van der Waals surface area contributed by atoms with Crippen molar-refractivity contribution in [3.63, 3.8) is 0 Å². The highest BCUT2D eigenvalue weighted by Gasteiger charge is 2.30. The minimum Gasteiger partial charge on any atom is -0.356 e. The largest absolute Gasteiger partial charge is 0.356 e. The number of hydrogen-bond donors (Lipinski definition) is 0. The van der Waals surface area contributed by atoms with Gasteiger partial charge in [0.2, 0.25) is 0 Å². The van der Waals surface area contributed by atoms with Gasteiger partial charge in [0.25, 0.3) is 16.1 Å². The Balaban J connectivity index is 2.00. The van der Waals surface area contributed by atoms with E-state index < -0.39 is 10.2 Å². The second-order valence-corrected chi connectivity index (χ2v) is 7.19. The SMILES string of the molecule is CN(C)S(=O)(=O)N1CCN(C(=O)c2ccn(C)c2)CC1. The van der Waals surface area contributed by atoms with Gasteiger partial charge in [0.15, 0.2) is 0 Å². The van der Waals surface area contributed by atoms with Crippen LogP contribution in [0.1, 0.15) is 10.4 Å². The van der Waals surface area contributed by atoms with Crippen LogP contribution in [0.4, 0.5) is 0 Å². The van der Waals surface area contributed by atoms with Crippen molar-refractivity contribution >= 4 is 16.1 Å². The molecule has 1 aliphatic rings. The third-order valence-electron chi connectivity index (χ3n) is 3.39. The van der Waals surface area contributed by atoms with Crippen LogP contribution in [0, 0.1) is 0 Å². The first-order chi connectivity index (χ1) is 9.32. The van der Waals surface area contributed by atoms with Crippen LogP contribution in [0.15, 0.2) is 18.5 Å². The lowest BCUT2D eigenvalue weighted by atomic mass is 10.2. The number of amides is 1. The maximum atomic E-state index is 12.2. The summed E-state index contributed by atoms with van der Waals surface area (Å²) in [6, 6.07) is 1.77. The topological polar surface area (TPSA) is 65.9 Å². The van der Waals surface area contributed by atoms with Gasteiger partial charge in [-0.1, -0.05) is 0 Å². The summed E-state index contributed by atoms with van der Waals surface area (Å²) >= 11 is 0. The zero-order chi connectivity index (χ0) is 14.9. The molecule has 7 nitrogen and oxygen atoms in total. The van der Waals surface area contributed by atoms with E-state index in [4.69, 9.17) is 0 Å². The van der Waals surface area contributed by atoms with E-state index in [1.165, 1.54) is 22.7 Å². The van der Waals surface area contributed by atoms with E-state index in [2.05, 4.69) is 0 Å². The van der Waals surface area contributed by atoms with E-state index in [0.29, 0.717) is 31.7 Å². The molecule has 1 aliphatic heterocycles. The Morgan fingerprint density at radius 1 is 1.20 bits per heavy atom. The van der Waals surface area contributed by atoms with Crippen LogP contribution in [-0.4, -0.2) is 72.7 Å². The zero-order valence-electron chi connectivity index (χ0n) is 12.0. The summed E-state index contributed by atoms with van der Waals surface area (Å²) in [5, 5.41) is 0. The van der Waals surface area contributed by atoms with Gasteiger partial charge in [0.05, 0.1) is 5.56 Å². The molecule has 0 aliphatic carbocycles. The number of aryl methyl sites for hydroxylation is 1. The molecule has 1 amide bonds. The van der Waals surface area contributed by atoms with Gasteiger partial charge < -0.3 is 9.47 Å². The molecule has 1 saturated heterocycles. The molecule has 0 radical (unpaired) electrons. The third kappa shape index (κ3) is 2.87. The van der Waals surface area contributed by atoms with Crippen molar-refractivity contribution in [3.8, 4) is 0 Å². The number of carbonyl (C=O) groups excluding carboxylic acids is 1. The molecule has 0 bridgehead atoms. The number of piperazine rings is 1. The lowest BCUT2D eigenvalue weighted by Crippen LogP contribution is -2.53. The molecule has 112 valence electrons. The van der Waals surface area contributed by atoms with Crippen molar-refractivity contribution in [2.75, 3.05) is 40.3 Å². The van der Waals surface area contributed by atoms with Crippen molar-refractivity contribution in [1.82, 2.24) is 18.1 Å². The Morgan fingerprint density at radius 3 is 2.25 bits per heavy atom. The number of rotatable bonds is 3. The Bertz CT molecular complexity index is 586. The van der Waals surface area contributed by atoms with Gasteiger partial charge in [-0.3, -0.25) is 4.79 Å². The molecule has 0 unspecified atom stereocenters. The van der Waals surface area contributed by atoms with Gasteiger partial charge in [-0.05, 0) is 6.07 Å². The summed E-state index contributed by atoms with van der Waals surface area (Å²) in [4.78, 5) is 13.9. The summed E-state index contributed by atoms with van der Waals surface area (Å²) in [5.74, 6) is -0.0486. The van der Waals surface area contributed by atoms with E-state index in [1.54, 1.807) is 17.2 Å². The molecule has 1 aromatic rings. The first-order valence-electron chi connectivity index (χ1n) is 6.41. The lowest BCUT2D eigenvalue weighted by Gasteiger charge is -2.35. The van der Waals surface area contributed by atoms with E-state index in [0.717, 1.165) is 0 Å². The Labute approximate surface area is 119 Å². The van der Waals surface area contributed by atoms with Crippen LogP contribution in [-0.2, 0) is 17.3 Å². The normalized spacial score (nSPS) is 17.7. The van der Waals surface area contributed by atoms with Crippen molar-refractivity contribution in [3.05, 3.63) is 24.0 Å².